The second kappa shape index (κ2) is 8.31. The lowest BCUT2D eigenvalue weighted by molar-refractivity contribution is 0.0983. The fraction of sp³-hybridized carbons (Fsp3) is 0.240. The maximum Gasteiger partial charge on any atom is 0.261 e. The number of hydrogen-bond donors (Lipinski definition) is 0. The smallest absolute Gasteiger partial charge is 0.261 e. The molecule has 0 aliphatic carbocycles. The Hall–Kier alpha value is -3.92. The summed E-state index contributed by atoms with van der Waals surface area (Å²) in [7, 11) is 1.54. The van der Waals surface area contributed by atoms with Crippen molar-refractivity contribution in [3.63, 3.8) is 0 Å². The Morgan fingerprint density at radius 3 is 2.47 bits per heavy atom. The van der Waals surface area contributed by atoms with Gasteiger partial charge in [-0.25, -0.2) is 9.37 Å². The number of nitrogens with zero attached hydrogens (tertiary/aromatic N) is 4. The number of carbonyl (C=O) groups excluding carboxylic acids is 1. The molecule has 0 spiro atoms. The third kappa shape index (κ3) is 3.65. The van der Waals surface area contributed by atoms with Crippen molar-refractivity contribution in [3.05, 3.63) is 76.7 Å². The summed E-state index contributed by atoms with van der Waals surface area (Å²) in [5.74, 6) is 0.0126. The summed E-state index contributed by atoms with van der Waals surface area (Å²) in [5, 5.41) is 9.42. The minimum Gasteiger partial charge on any atom is -0.481 e. The number of halogens is 1. The van der Waals surface area contributed by atoms with Crippen LogP contribution in [0.4, 0.5) is 21.5 Å². The fourth-order valence-corrected chi connectivity index (χ4v) is 3.99. The fourth-order valence-electron chi connectivity index (χ4n) is 3.99. The Balaban J connectivity index is 1.91. The van der Waals surface area contributed by atoms with Crippen LogP contribution in [-0.2, 0) is 0 Å². The maximum absolute atomic E-state index is 14.1. The normalized spacial score (nSPS) is 13.2. The van der Waals surface area contributed by atoms with Crippen molar-refractivity contribution >= 4 is 23.0 Å². The lowest BCUT2D eigenvalue weighted by Gasteiger charge is -2.39. The van der Waals surface area contributed by atoms with E-state index >= 15 is 0 Å². The highest BCUT2D eigenvalue weighted by Crippen LogP contribution is 2.40. The molecule has 4 rings (SSSR count). The van der Waals surface area contributed by atoms with Crippen LogP contribution >= 0.6 is 0 Å². The van der Waals surface area contributed by atoms with Crippen LogP contribution in [-0.4, -0.2) is 24.7 Å². The number of carbonyl (C=O) groups is 1. The predicted octanol–water partition coefficient (Wildman–Crippen LogP) is 5.29. The zero-order chi connectivity index (χ0) is 23.0. The molecule has 0 atom stereocenters. The third-order valence-corrected chi connectivity index (χ3v) is 5.61. The van der Waals surface area contributed by atoms with E-state index in [-0.39, 0.29) is 24.3 Å². The van der Waals surface area contributed by atoms with E-state index in [2.05, 4.69) is 11.1 Å². The Morgan fingerprint density at radius 1 is 1.06 bits per heavy atom. The molecule has 0 N–H and O–H groups in total. The van der Waals surface area contributed by atoms with Gasteiger partial charge in [-0.05, 0) is 60.9 Å². The summed E-state index contributed by atoms with van der Waals surface area (Å²) in [6.45, 7) is 6.01. The largest absolute Gasteiger partial charge is 0.481 e. The molecule has 0 bridgehead atoms. The first-order valence-electron chi connectivity index (χ1n) is 10.3. The first kappa shape index (κ1) is 21.3. The highest BCUT2D eigenvalue weighted by molar-refractivity contribution is 6.13. The molecule has 2 heterocycles. The predicted molar refractivity (Wildman–Crippen MR) is 121 cm³/mol. The second-order valence-corrected chi connectivity index (χ2v) is 7.96. The van der Waals surface area contributed by atoms with E-state index in [0.29, 0.717) is 34.1 Å². The number of fused-ring (bicyclic) bond motifs is 1. The highest BCUT2D eigenvalue weighted by Gasteiger charge is 2.33. The van der Waals surface area contributed by atoms with Crippen LogP contribution < -0.4 is 14.5 Å². The van der Waals surface area contributed by atoms with Crippen LogP contribution in [0.1, 0.15) is 46.9 Å². The number of nitriles is 1. The lowest BCUT2D eigenvalue weighted by atomic mass is 9.97. The summed E-state index contributed by atoms with van der Waals surface area (Å²) in [6, 6.07) is 15.3. The molecule has 32 heavy (non-hydrogen) atoms. The Bertz CT molecular complexity index is 1250. The number of pyridine rings is 1. The van der Waals surface area contributed by atoms with Crippen LogP contribution in [0.5, 0.6) is 5.88 Å². The maximum atomic E-state index is 14.1. The van der Waals surface area contributed by atoms with Gasteiger partial charge < -0.3 is 9.64 Å². The summed E-state index contributed by atoms with van der Waals surface area (Å²) in [6.07, 6.45) is 0. The third-order valence-electron chi connectivity index (χ3n) is 5.61. The van der Waals surface area contributed by atoms with Gasteiger partial charge in [0.2, 0.25) is 5.88 Å². The molecule has 0 radical (unpaired) electrons. The van der Waals surface area contributed by atoms with Crippen molar-refractivity contribution < 1.29 is 13.9 Å². The van der Waals surface area contributed by atoms with Crippen molar-refractivity contribution in [1.82, 2.24) is 4.98 Å². The van der Waals surface area contributed by atoms with Gasteiger partial charge in [0.05, 0.1) is 41.4 Å². The SMILES string of the molecule is COc1ccc(N2CN(c3ccc(F)cc3C(C)C)c3cc(C#N)ccc3C2=O)c(C)n1. The van der Waals surface area contributed by atoms with E-state index in [9.17, 15) is 14.4 Å². The number of benzene rings is 2. The number of amides is 1. The van der Waals surface area contributed by atoms with Crippen LogP contribution in [0.2, 0.25) is 0 Å². The minimum atomic E-state index is -0.316. The molecule has 0 saturated carbocycles. The van der Waals surface area contributed by atoms with E-state index in [0.717, 1.165) is 11.3 Å². The molecule has 0 fully saturated rings. The van der Waals surface area contributed by atoms with Gasteiger partial charge in [-0.15, -0.1) is 0 Å². The quantitative estimate of drug-likeness (QED) is 0.563. The number of rotatable bonds is 4. The average molecular weight is 430 g/mol. The summed E-state index contributed by atoms with van der Waals surface area (Å²) in [4.78, 5) is 21.5. The molecule has 162 valence electrons. The number of methoxy groups -OCH3 is 1. The molecular weight excluding hydrogens is 407 g/mol. The van der Waals surface area contributed by atoms with Crippen LogP contribution in [0.3, 0.4) is 0 Å². The molecule has 1 aliphatic rings. The van der Waals surface area contributed by atoms with Gasteiger partial charge in [-0.1, -0.05) is 13.8 Å². The lowest BCUT2D eigenvalue weighted by Crippen LogP contribution is -2.45. The summed E-state index contributed by atoms with van der Waals surface area (Å²) < 4.78 is 19.3. The molecule has 0 unspecified atom stereocenters. The van der Waals surface area contributed by atoms with Crippen molar-refractivity contribution in [2.75, 3.05) is 23.6 Å². The van der Waals surface area contributed by atoms with Gasteiger partial charge in [-0.3, -0.25) is 9.69 Å². The van der Waals surface area contributed by atoms with E-state index in [4.69, 9.17) is 4.74 Å². The zero-order valence-corrected chi connectivity index (χ0v) is 18.4. The number of hydrogen-bond acceptors (Lipinski definition) is 5. The van der Waals surface area contributed by atoms with Crippen LogP contribution in [0, 0.1) is 24.1 Å². The van der Waals surface area contributed by atoms with Crippen LogP contribution in [0.15, 0.2) is 48.5 Å². The van der Waals surface area contributed by atoms with Crippen molar-refractivity contribution in [2.45, 2.75) is 26.7 Å². The van der Waals surface area contributed by atoms with E-state index in [1.54, 1.807) is 48.4 Å². The molecular formula is C25H23FN4O2. The van der Waals surface area contributed by atoms with Crippen molar-refractivity contribution in [1.29, 1.82) is 5.26 Å². The molecule has 1 aromatic heterocycles. The molecule has 6 nitrogen and oxygen atoms in total. The molecule has 0 saturated heterocycles. The van der Waals surface area contributed by atoms with Gasteiger partial charge >= 0.3 is 0 Å². The number of aromatic nitrogens is 1. The second-order valence-electron chi connectivity index (χ2n) is 7.96. The first-order valence-corrected chi connectivity index (χ1v) is 10.3. The average Bonchev–Trinajstić information content (AvgIpc) is 2.79. The topological polar surface area (TPSA) is 69.5 Å². The first-order chi connectivity index (χ1) is 15.3. The van der Waals surface area contributed by atoms with Gasteiger partial charge in [-0.2, -0.15) is 5.26 Å². The highest BCUT2D eigenvalue weighted by atomic mass is 19.1. The Labute approximate surface area is 186 Å². The molecule has 3 aromatic rings. The van der Waals surface area contributed by atoms with Crippen molar-refractivity contribution in [3.8, 4) is 11.9 Å². The van der Waals surface area contributed by atoms with E-state index in [1.807, 2.05) is 25.7 Å². The van der Waals surface area contributed by atoms with Crippen LogP contribution in [0.25, 0.3) is 0 Å². The Kier molecular flexibility index (Phi) is 5.54. The number of anilines is 3. The summed E-state index contributed by atoms with van der Waals surface area (Å²) in [5.41, 5.74) is 4.45. The standard InChI is InChI=1S/C25H23FN4O2/c1-15(2)20-12-18(26)6-8-22(20)29-14-30(21-9-10-24(32-4)28-16(21)3)25(31)19-7-5-17(13-27)11-23(19)29/h5-12,15H,14H2,1-4H3. The van der Waals surface area contributed by atoms with Gasteiger partial charge in [0, 0.05) is 11.8 Å². The van der Waals surface area contributed by atoms with Crippen molar-refractivity contribution in [2.24, 2.45) is 0 Å². The van der Waals surface area contributed by atoms with Gasteiger partial charge in [0.15, 0.2) is 0 Å². The van der Waals surface area contributed by atoms with E-state index < -0.39 is 0 Å². The minimum absolute atomic E-state index is 0.0544. The number of ether oxygens (including phenoxy) is 1. The molecule has 7 heteroatoms. The number of aryl methyl sites for hydroxylation is 1. The monoisotopic (exact) mass is 430 g/mol. The van der Waals surface area contributed by atoms with Gasteiger partial charge in [0.25, 0.3) is 5.91 Å². The van der Waals surface area contributed by atoms with Gasteiger partial charge in [0.1, 0.15) is 12.5 Å². The Morgan fingerprint density at radius 2 is 1.81 bits per heavy atom. The molecule has 1 aliphatic heterocycles. The van der Waals surface area contributed by atoms with E-state index in [1.165, 1.54) is 12.1 Å². The summed E-state index contributed by atoms with van der Waals surface area (Å²) >= 11 is 0. The molecule has 1 amide bonds. The molecule has 2 aromatic carbocycles. The zero-order valence-electron chi connectivity index (χ0n) is 18.4.